The van der Waals surface area contributed by atoms with Gasteiger partial charge in [0.1, 0.15) is 12.1 Å². The second-order valence-electron chi connectivity index (χ2n) is 4.96. The minimum atomic E-state index is 0.700. The van der Waals surface area contributed by atoms with Crippen LogP contribution in [0.5, 0.6) is 0 Å². The Morgan fingerprint density at radius 2 is 1.82 bits per heavy atom. The Bertz CT molecular complexity index is 543. The van der Waals surface area contributed by atoms with E-state index in [4.69, 9.17) is 0 Å². The zero-order chi connectivity index (χ0) is 11.2. The van der Waals surface area contributed by atoms with Crippen molar-refractivity contribution >= 4 is 16.7 Å². The third kappa shape index (κ3) is 1.27. The van der Waals surface area contributed by atoms with E-state index in [-0.39, 0.29) is 0 Å². The van der Waals surface area contributed by atoms with Crippen LogP contribution in [0.15, 0.2) is 24.8 Å². The van der Waals surface area contributed by atoms with E-state index in [1.165, 1.54) is 25.7 Å². The van der Waals surface area contributed by atoms with Gasteiger partial charge in [0.25, 0.3) is 0 Å². The lowest BCUT2D eigenvalue weighted by molar-refractivity contribution is 0.576. The van der Waals surface area contributed by atoms with E-state index in [1.54, 1.807) is 6.33 Å². The molecule has 0 amide bonds. The molecule has 2 saturated heterocycles. The van der Waals surface area contributed by atoms with Crippen LogP contribution in [-0.4, -0.2) is 27.0 Å². The average Bonchev–Trinajstić information content (AvgIpc) is 2.98. The second kappa shape index (κ2) is 3.39. The lowest BCUT2D eigenvalue weighted by Gasteiger charge is -2.24. The van der Waals surface area contributed by atoms with E-state index in [2.05, 4.69) is 19.9 Å². The molecule has 0 aromatic carbocycles. The van der Waals surface area contributed by atoms with Gasteiger partial charge in [-0.1, -0.05) is 0 Å². The van der Waals surface area contributed by atoms with Gasteiger partial charge in [0, 0.05) is 23.7 Å². The molecule has 4 rings (SSSR count). The van der Waals surface area contributed by atoms with E-state index < -0.39 is 0 Å². The van der Waals surface area contributed by atoms with Crippen LogP contribution in [0.3, 0.4) is 0 Å². The summed E-state index contributed by atoms with van der Waals surface area (Å²) in [5.41, 5.74) is 0.948. The SMILES string of the molecule is c1cc2c(N3C4CCC3CC4)ncnc2cn1. The van der Waals surface area contributed by atoms with Gasteiger partial charge in [-0.05, 0) is 31.7 Å². The van der Waals surface area contributed by atoms with Gasteiger partial charge in [0.05, 0.1) is 11.7 Å². The van der Waals surface area contributed by atoms with E-state index in [9.17, 15) is 0 Å². The Hall–Kier alpha value is -1.71. The first-order chi connectivity index (χ1) is 8.43. The number of rotatable bonds is 1. The van der Waals surface area contributed by atoms with E-state index in [0.717, 1.165) is 16.7 Å². The molecule has 4 heterocycles. The molecule has 17 heavy (non-hydrogen) atoms. The molecule has 2 bridgehead atoms. The second-order valence-corrected chi connectivity index (χ2v) is 4.96. The van der Waals surface area contributed by atoms with Crippen molar-refractivity contribution in [1.29, 1.82) is 0 Å². The number of hydrogen-bond acceptors (Lipinski definition) is 4. The molecule has 0 aliphatic carbocycles. The predicted molar refractivity (Wildman–Crippen MR) is 65.9 cm³/mol. The van der Waals surface area contributed by atoms with Gasteiger partial charge in [-0.2, -0.15) is 0 Å². The molecular formula is C13H14N4. The zero-order valence-electron chi connectivity index (χ0n) is 9.58. The molecule has 2 aromatic rings. The van der Waals surface area contributed by atoms with E-state index in [0.29, 0.717) is 12.1 Å². The van der Waals surface area contributed by atoms with Crippen LogP contribution in [0.2, 0.25) is 0 Å². The van der Waals surface area contributed by atoms with Gasteiger partial charge in [0.2, 0.25) is 0 Å². The Morgan fingerprint density at radius 3 is 2.59 bits per heavy atom. The highest BCUT2D eigenvalue weighted by atomic mass is 15.3. The standard InChI is InChI=1S/C13H14N4/c1-2-10-4-3-9(1)17(10)13-11-5-6-14-7-12(11)15-8-16-13/h5-10H,1-4H2. The van der Waals surface area contributed by atoms with Gasteiger partial charge in [-0.3, -0.25) is 4.98 Å². The molecule has 4 heteroatoms. The van der Waals surface area contributed by atoms with Crippen molar-refractivity contribution in [3.8, 4) is 0 Å². The van der Waals surface area contributed by atoms with Crippen molar-refractivity contribution in [2.45, 2.75) is 37.8 Å². The van der Waals surface area contributed by atoms with Crippen molar-refractivity contribution in [2.24, 2.45) is 0 Å². The maximum atomic E-state index is 4.52. The zero-order valence-corrected chi connectivity index (χ0v) is 9.58. The van der Waals surface area contributed by atoms with Crippen molar-refractivity contribution in [2.75, 3.05) is 4.90 Å². The van der Waals surface area contributed by atoms with Gasteiger partial charge in [0.15, 0.2) is 0 Å². The smallest absolute Gasteiger partial charge is 0.140 e. The van der Waals surface area contributed by atoms with Gasteiger partial charge in [-0.25, -0.2) is 9.97 Å². The minimum Gasteiger partial charge on any atom is -0.350 e. The summed E-state index contributed by atoms with van der Waals surface area (Å²) in [5, 5.41) is 1.14. The number of fused-ring (bicyclic) bond motifs is 3. The Labute approximate surface area is 99.7 Å². The van der Waals surface area contributed by atoms with Crippen LogP contribution < -0.4 is 4.90 Å². The molecule has 0 radical (unpaired) electrons. The third-order valence-electron chi connectivity index (χ3n) is 4.12. The van der Waals surface area contributed by atoms with Crippen molar-refractivity contribution in [1.82, 2.24) is 15.0 Å². The highest BCUT2D eigenvalue weighted by Gasteiger charge is 2.40. The molecule has 86 valence electrons. The maximum absolute atomic E-state index is 4.52. The summed E-state index contributed by atoms with van der Waals surface area (Å²) in [6.07, 6.45) is 10.6. The summed E-state index contributed by atoms with van der Waals surface area (Å²) >= 11 is 0. The molecular weight excluding hydrogens is 212 g/mol. The number of pyridine rings is 1. The van der Waals surface area contributed by atoms with E-state index in [1.807, 2.05) is 18.5 Å². The summed E-state index contributed by atoms with van der Waals surface area (Å²) in [6.45, 7) is 0. The van der Waals surface area contributed by atoms with Crippen LogP contribution in [-0.2, 0) is 0 Å². The molecule has 2 aliphatic rings. The quantitative estimate of drug-likeness (QED) is 0.747. The predicted octanol–water partition coefficient (Wildman–Crippen LogP) is 2.16. The summed E-state index contributed by atoms with van der Waals surface area (Å²) in [6, 6.07) is 3.43. The monoisotopic (exact) mass is 226 g/mol. The lowest BCUT2D eigenvalue weighted by atomic mass is 10.0. The molecule has 0 N–H and O–H groups in total. The topological polar surface area (TPSA) is 41.9 Å². The van der Waals surface area contributed by atoms with Crippen LogP contribution in [0.4, 0.5) is 5.82 Å². The number of nitrogens with zero attached hydrogens (tertiary/aromatic N) is 4. The molecule has 0 unspecified atom stereocenters. The largest absolute Gasteiger partial charge is 0.350 e. The Morgan fingerprint density at radius 1 is 1.06 bits per heavy atom. The van der Waals surface area contributed by atoms with E-state index >= 15 is 0 Å². The number of aromatic nitrogens is 3. The summed E-state index contributed by atoms with van der Waals surface area (Å²) in [4.78, 5) is 15.4. The molecule has 0 saturated carbocycles. The average molecular weight is 226 g/mol. The van der Waals surface area contributed by atoms with Crippen molar-refractivity contribution in [3.05, 3.63) is 24.8 Å². The molecule has 4 nitrogen and oxygen atoms in total. The van der Waals surface area contributed by atoms with Crippen LogP contribution in [0.25, 0.3) is 10.9 Å². The molecule has 2 aliphatic heterocycles. The van der Waals surface area contributed by atoms with Gasteiger partial charge >= 0.3 is 0 Å². The number of hydrogen-bond donors (Lipinski definition) is 0. The molecule has 0 spiro atoms. The Balaban J connectivity index is 1.91. The first-order valence-electron chi connectivity index (χ1n) is 6.26. The van der Waals surface area contributed by atoms with Crippen LogP contribution >= 0.6 is 0 Å². The first-order valence-corrected chi connectivity index (χ1v) is 6.26. The third-order valence-corrected chi connectivity index (χ3v) is 4.12. The van der Waals surface area contributed by atoms with Crippen molar-refractivity contribution in [3.63, 3.8) is 0 Å². The highest BCUT2D eigenvalue weighted by molar-refractivity contribution is 5.89. The van der Waals surface area contributed by atoms with Gasteiger partial charge < -0.3 is 4.90 Å². The fourth-order valence-electron chi connectivity index (χ4n) is 3.36. The minimum absolute atomic E-state index is 0.700. The molecule has 2 fully saturated rings. The maximum Gasteiger partial charge on any atom is 0.140 e. The normalized spacial score (nSPS) is 26.9. The molecule has 2 aromatic heterocycles. The van der Waals surface area contributed by atoms with Crippen LogP contribution in [0.1, 0.15) is 25.7 Å². The Kier molecular flexibility index (Phi) is 1.86. The molecule has 0 atom stereocenters. The first kappa shape index (κ1) is 9.33. The highest BCUT2D eigenvalue weighted by Crippen LogP contribution is 2.41. The lowest BCUT2D eigenvalue weighted by Crippen LogP contribution is -2.29. The van der Waals surface area contributed by atoms with Gasteiger partial charge in [-0.15, -0.1) is 0 Å². The fourth-order valence-corrected chi connectivity index (χ4v) is 3.36. The number of anilines is 1. The van der Waals surface area contributed by atoms with Crippen LogP contribution in [0, 0.1) is 0 Å². The van der Waals surface area contributed by atoms with Crippen molar-refractivity contribution < 1.29 is 0 Å². The summed E-state index contributed by atoms with van der Waals surface area (Å²) in [5.74, 6) is 1.11. The fraction of sp³-hybridized carbons (Fsp3) is 0.462. The summed E-state index contributed by atoms with van der Waals surface area (Å²) in [7, 11) is 0. The summed E-state index contributed by atoms with van der Waals surface area (Å²) < 4.78 is 0.